The third-order valence-electron chi connectivity index (χ3n) is 4.14. The van der Waals surface area contributed by atoms with Gasteiger partial charge in [-0.2, -0.15) is 0 Å². The van der Waals surface area contributed by atoms with Crippen molar-refractivity contribution in [3.63, 3.8) is 0 Å². The van der Waals surface area contributed by atoms with Gasteiger partial charge in [-0.3, -0.25) is 0 Å². The average Bonchev–Trinajstić information content (AvgIpc) is 2.98. The second-order valence-corrected chi connectivity index (χ2v) is 8.68. The molecular formula is C12H21BrO2S. The number of sulfone groups is 1. The predicted molar refractivity (Wildman–Crippen MR) is 70.7 cm³/mol. The summed E-state index contributed by atoms with van der Waals surface area (Å²) < 4.78 is 24.6. The highest BCUT2D eigenvalue weighted by atomic mass is 79.9. The molecule has 2 fully saturated rings. The van der Waals surface area contributed by atoms with Gasteiger partial charge < -0.3 is 0 Å². The molecule has 2 aliphatic carbocycles. The van der Waals surface area contributed by atoms with Crippen molar-refractivity contribution in [2.45, 2.75) is 50.7 Å². The highest BCUT2D eigenvalue weighted by Gasteiger charge is 2.47. The summed E-state index contributed by atoms with van der Waals surface area (Å²) in [4.78, 5) is 0. The standard InChI is InChI=1S/C12H21BrO2S/c1-10-3-2-4-11(7-10)16(14,15)9-12(8-13)5-6-12/h10-11H,2-9H2,1H3. The fraction of sp³-hybridized carbons (Fsp3) is 1.00. The summed E-state index contributed by atoms with van der Waals surface area (Å²) in [6, 6.07) is 0. The number of hydrogen-bond acceptors (Lipinski definition) is 2. The zero-order valence-corrected chi connectivity index (χ0v) is 12.3. The molecule has 0 aliphatic heterocycles. The zero-order chi connectivity index (χ0) is 11.8. The Morgan fingerprint density at radius 3 is 2.50 bits per heavy atom. The summed E-state index contributed by atoms with van der Waals surface area (Å²) in [7, 11) is -2.85. The third kappa shape index (κ3) is 2.81. The highest BCUT2D eigenvalue weighted by Crippen LogP contribution is 2.49. The average molecular weight is 309 g/mol. The lowest BCUT2D eigenvalue weighted by Crippen LogP contribution is -2.32. The second kappa shape index (κ2) is 4.60. The van der Waals surface area contributed by atoms with Crippen molar-refractivity contribution in [2.24, 2.45) is 11.3 Å². The van der Waals surface area contributed by atoms with E-state index in [0.29, 0.717) is 11.7 Å². The van der Waals surface area contributed by atoms with Gasteiger partial charge in [-0.05, 0) is 37.0 Å². The van der Waals surface area contributed by atoms with Gasteiger partial charge in [0.25, 0.3) is 0 Å². The van der Waals surface area contributed by atoms with Crippen molar-refractivity contribution in [1.29, 1.82) is 0 Å². The number of hydrogen-bond donors (Lipinski definition) is 0. The molecule has 2 rings (SSSR count). The molecule has 0 heterocycles. The molecule has 2 unspecified atom stereocenters. The van der Waals surface area contributed by atoms with E-state index in [9.17, 15) is 8.42 Å². The minimum absolute atomic E-state index is 0.0484. The molecule has 2 nitrogen and oxygen atoms in total. The maximum Gasteiger partial charge on any atom is 0.153 e. The monoisotopic (exact) mass is 308 g/mol. The summed E-state index contributed by atoms with van der Waals surface area (Å²) in [6.45, 7) is 2.18. The first-order valence-electron chi connectivity index (χ1n) is 6.25. The maximum absolute atomic E-state index is 12.3. The predicted octanol–water partition coefficient (Wildman–Crippen LogP) is 3.16. The van der Waals surface area contributed by atoms with Crippen molar-refractivity contribution < 1.29 is 8.42 Å². The summed E-state index contributed by atoms with van der Waals surface area (Å²) in [6.07, 6.45) is 6.24. The Bertz CT molecular complexity index is 346. The quantitative estimate of drug-likeness (QED) is 0.748. The van der Waals surface area contributed by atoms with Crippen LogP contribution in [0.1, 0.15) is 45.4 Å². The van der Waals surface area contributed by atoms with E-state index in [2.05, 4.69) is 22.9 Å². The third-order valence-corrected chi connectivity index (χ3v) is 7.79. The molecule has 0 spiro atoms. The van der Waals surface area contributed by atoms with Gasteiger partial charge in [0.2, 0.25) is 0 Å². The Morgan fingerprint density at radius 1 is 1.31 bits per heavy atom. The Kier molecular flexibility index (Phi) is 3.70. The smallest absolute Gasteiger partial charge is 0.153 e. The SMILES string of the molecule is CC1CCCC(S(=O)(=O)CC2(CBr)CC2)C1. The second-order valence-electron chi connectivity index (χ2n) is 5.83. The van der Waals surface area contributed by atoms with E-state index in [0.717, 1.165) is 37.4 Å². The van der Waals surface area contributed by atoms with Crippen molar-refractivity contribution in [3.05, 3.63) is 0 Å². The van der Waals surface area contributed by atoms with Crippen LogP contribution >= 0.6 is 15.9 Å². The highest BCUT2D eigenvalue weighted by molar-refractivity contribution is 9.09. The van der Waals surface area contributed by atoms with Crippen LogP contribution in [0.25, 0.3) is 0 Å². The summed E-state index contributed by atoms with van der Waals surface area (Å²) in [5.41, 5.74) is 0.0967. The molecule has 16 heavy (non-hydrogen) atoms. The summed E-state index contributed by atoms with van der Waals surface area (Å²) in [5.74, 6) is 1.01. The molecule has 0 aromatic heterocycles. The van der Waals surface area contributed by atoms with Gasteiger partial charge in [0.05, 0.1) is 11.0 Å². The molecule has 0 N–H and O–H groups in total. The van der Waals surface area contributed by atoms with Crippen LogP contribution < -0.4 is 0 Å². The van der Waals surface area contributed by atoms with E-state index in [1.807, 2.05) is 0 Å². The molecule has 0 saturated heterocycles. The van der Waals surface area contributed by atoms with Gasteiger partial charge >= 0.3 is 0 Å². The van der Waals surface area contributed by atoms with Crippen molar-refractivity contribution in [1.82, 2.24) is 0 Å². The molecular weight excluding hydrogens is 288 g/mol. The molecule has 0 bridgehead atoms. The van der Waals surface area contributed by atoms with Crippen LogP contribution in [0, 0.1) is 11.3 Å². The van der Waals surface area contributed by atoms with Gasteiger partial charge in [-0.15, -0.1) is 0 Å². The summed E-state index contributed by atoms with van der Waals surface area (Å²) >= 11 is 3.46. The number of alkyl halides is 1. The van der Waals surface area contributed by atoms with E-state index in [1.165, 1.54) is 6.42 Å². The van der Waals surface area contributed by atoms with E-state index < -0.39 is 9.84 Å². The first kappa shape index (κ1) is 12.9. The molecule has 2 aliphatic rings. The number of rotatable bonds is 4. The van der Waals surface area contributed by atoms with Gasteiger partial charge in [-0.1, -0.05) is 35.7 Å². The van der Waals surface area contributed by atoms with Crippen LogP contribution in [-0.4, -0.2) is 24.8 Å². The molecule has 2 atom stereocenters. The van der Waals surface area contributed by atoms with Gasteiger partial charge in [0.1, 0.15) is 0 Å². The lowest BCUT2D eigenvalue weighted by Gasteiger charge is -2.27. The van der Waals surface area contributed by atoms with E-state index in [1.54, 1.807) is 0 Å². The fourth-order valence-electron chi connectivity index (χ4n) is 2.74. The van der Waals surface area contributed by atoms with E-state index in [-0.39, 0.29) is 10.7 Å². The Labute approximate surface area is 107 Å². The van der Waals surface area contributed by atoms with Crippen LogP contribution in [-0.2, 0) is 9.84 Å². The van der Waals surface area contributed by atoms with Crippen LogP contribution in [0.2, 0.25) is 0 Å². The van der Waals surface area contributed by atoms with E-state index in [4.69, 9.17) is 0 Å². The van der Waals surface area contributed by atoms with E-state index >= 15 is 0 Å². The van der Waals surface area contributed by atoms with Crippen LogP contribution in [0.5, 0.6) is 0 Å². The minimum Gasteiger partial charge on any atom is -0.229 e. The lowest BCUT2D eigenvalue weighted by atomic mass is 9.91. The van der Waals surface area contributed by atoms with Crippen LogP contribution in [0.4, 0.5) is 0 Å². The largest absolute Gasteiger partial charge is 0.229 e. The normalized spacial score (nSPS) is 33.6. The van der Waals surface area contributed by atoms with Gasteiger partial charge in [0, 0.05) is 5.33 Å². The molecule has 0 radical (unpaired) electrons. The van der Waals surface area contributed by atoms with Gasteiger partial charge in [-0.25, -0.2) is 8.42 Å². The van der Waals surface area contributed by atoms with Crippen LogP contribution in [0.15, 0.2) is 0 Å². The topological polar surface area (TPSA) is 34.1 Å². The molecule has 0 aromatic rings. The maximum atomic E-state index is 12.3. The molecule has 2 saturated carbocycles. The lowest BCUT2D eigenvalue weighted by molar-refractivity contribution is 0.380. The molecule has 0 amide bonds. The Hall–Kier alpha value is 0.430. The first-order valence-corrected chi connectivity index (χ1v) is 9.09. The Morgan fingerprint density at radius 2 is 2.00 bits per heavy atom. The van der Waals surface area contributed by atoms with Crippen molar-refractivity contribution >= 4 is 25.8 Å². The van der Waals surface area contributed by atoms with Crippen molar-refractivity contribution in [2.75, 3.05) is 11.1 Å². The van der Waals surface area contributed by atoms with Crippen molar-refractivity contribution in [3.8, 4) is 0 Å². The van der Waals surface area contributed by atoms with Gasteiger partial charge in [0.15, 0.2) is 9.84 Å². The van der Waals surface area contributed by atoms with Crippen LogP contribution in [0.3, 0.4) is 0 Å². The molecule has 94 valence electrons. The first-order chi connectivity index (χ1) is 7.47. The molecule has 4 heteroatoms. The number of halogens is 1. The molecule has 0 aromatic carbocycles. The fourth-order valence-corrected chi connectivity index (χ4v) is 6.39. The zero-order valence-electron chi connectivity index (χ0n) is 9.91. The summed E-state index contributed by atoms with van der Waals surface area (Å²) in [5, 5.41) is 0.800. The minimum atomic E-state index is -2.85. The Balaban J connectivity index is 2.01.